The lowest BCUT2D eigenvalue weighted by molar-refractivity contribution is 0.313. The van der Waals surface area contributed by atoms with Crippen LogP contribution in [0.15, 0.2) is 36.5 Å². The van der Waals surface area contributed by atoms with Gasteiger partial charge in [0.1, 0.15) is 16.8 Å². The first-order chi connectivity index (χ1) is 14.7. The number of aromatic nitrogens is 1. The van der Waals surface area contributed by atoms with Crippen molar-refractivity contribution in [3.05, 3.63) is 47.0 Å². The lowest BCUT2D eigenvalue weighted by Gasteiger charge is -2.34. The van der Waals surface area contributed by atoms with Gasteiger partial charge in [0, 0.05) is 49.1 Å². The van der Waals surface area contributed by atoms with Crippen LogP contribution in [0.3, 0.4) is 0 Å². The maximum atomic E-state index is 9.67. The third kappa shape index (κ3) is 3.76. The van der Waals surface area contributed by atoms with Crippen molar-refractivity contribution in [2.24, 2.45) is 0 Å². The molecule has 0 atom stereocenters. The Bertz CT molecular complexity index is 1080. The SMILES string of the molecule is CN1CCN(c2cccc(Nc3cc4c(C5CCCC5)c(C#N)sc4cn3)c2)CC1. The summed E-state index contributed by atoms with van der Waals surface area (Å²) in [7, 11) is 2.18. The van der Waals surface area contributed by atoms with Gasteiger partial charge in [-0.2, -0.15) is 5.26 Å². The number of nitrogens with one attached hydrogen (secondary N) is 1. The van der Waals surface area contributed by atoms with Gasteiger partial charge < -0.3 is 15.1 Å². The highest BCUT2D eigenvalue weighted by atomic mass is 32.1. The molecule has 6 heteroatoms. The van der Waals surface area contributed by atoms with Crippen molar-refractivity contribution < 1.29 is 0 Å². The zero-order valence-corrected chi connectivity index (χ0v) is 18.2. The number of anilines is 3. The average Bonchev–Trinajstić information content (AvgIpc) is 3.41. The summed E-state index contributed by atoms with van der Waals surface area (Å²) in [5.74, 6) is 1.36. The molecule has 0 unspecified atom stereocenters. The molecule has 0 radical (unpaired) electrons. The van der Waals surface area contributed by atoms with E-state index in [9.17, 15) is 5.26 Å². The molecule has 1 saturated heterocycles. The molecule has 2 aliphatic rings. The number of benzene rings is 1. The van der Waals surface area contributed by atoms with Crippen LogP contribution < -0.4 is 10.2 Å². The van der Waals surface area contributed by atoms with Gasteiger partial charge in [0.2, 0.25) is 0 Å². The summed E-state index contributed by atoms with van der Waals surface area (Å²) < 4.78 is 1.12. The maximum absolute atomic E-state index is 9.67. The minimum absolute atomic E-state index is 0.518. The van der Waals surface area contributed by atoms with E-state index in [0.717, 1.165) is 47.3 Å². The molecule has 5 nitrogen and oxygen atoms in total. The minimum atomic E-state index is 0.518. The summed E-state index contributed by atoms with van der Waals surface area (Å²) in [5, 5.41) is 14.4. The molecular formula is C24H27N5S. The summed E-state index contributed by atoms with van der Waals surface area (Å²) in [5.41, 5.74) is 3.56. The second-order valence-corrected chi connectivity index (χ2v) is 9.52. The van der Waals surface area contributed by atoms with Gasteiger partial charge >= 0.3 is 0 Å². The molecule has 1 aliphatic heterocycles. The van der Waals surface area contributed by atoms with Crippen molar-refractivity contribution in [2.45, 2.75) is 31.6 Å². The molecule has 3 heterocycles. The van der Waals surface area contributed by atoms with Gasteiger partial charge in [-0.25, -0.2) is 4.98 Å². The van der Waals surface area contributed by atoms with Crippen LogP contribution in [0.1, 0.15) is 42.0 Å². The van der Waals surface area contributed by atoms with E-state index in [1.807, 2.05) is 6.20 Å². The monoisotopic (exact) mass is 417 g/mol. The van der Waals surface area contributed by atoms with E-state index >= 15 is 0 Å². The summed E-state index contributed by atoms with van der Waals surface area (Å²) in [6, 6.07) is 13.2. The molecule has 0 amide bonds. The van der Waals surface area contributed by atoms with Gasteiger partial charge in [-0.3, -0.25) is 0 Å². The van der Waals surface area contributed by atoms with E-state index in [1.54, 1.807) is 11.3 Å². The van der Waals surface area contributed by atoms with E-state index in [0.29, 0.717) is 5.92 Å². The zero-order valence-electron chi connectivity index (χ0n) is 17.4. The van der Waals surface area contributed by atoms with Crippen LogP contribution in [0.25, 0.3) is 10.1 Å². The Balaban J connectivity index is 1.42. The predicted octanol–water partition coefficient (Wildman–Crippen LogP) is 5.32. The molecular weight excluding hydrogens is 390 g/mol. The normalized spacial score (nSPS) is 18.1. The van der Waals surface area contributed by atoms with Crippen LogP contribution in [0, 0.1) is 11.3 Å². The van der Waals surface area contributed by atoms with Crippen molar-refractivity contribution in [1.82, 2.24) is 9.88 Å². The summed E-state index contributed by atoms with van der Waals surface area (Å²) >= 11 is 1.59. The van der Waals surface area contributed by atoms with Crippen LogP contribution >= 0.6 is 11.3 Å². The van der Waals surface area contributed by atoms with E-state index in [4.69, 9.17) is 0 Å². The van der Waals surface area contributed by atoms with Gasteiger partial charge in [0.25, 0.3) is 0 Å². The first-order valence-corrected chi connectivity index (χ1v) is 11.7. The van der Waals surface area contributed by atoms with E-state index in [1.165, 1.54) is 42.3 Å². The summed E-state index contributed by atoms with van der Waals surface area (Å²) in [6.07, 6.45) is 6.84. The molecule has 1 aliphatic carbocycles. The fraction of sp³-hybridized carbons (Fsp3) is 0.417. The molecule has 2 fully saturated rings. The largest absolute Gasteiger partial charge is 0.369 e. The fourth-order valence-electron chi connectivity index (χ4n) is 4.79. The molecule has 5 rings (SSSR count). The number of pyridine rings is 1. The quantitative estimate of drug-likeness (QED) is 0.622. The standard InChI is InChI=1S/C24H27N5S/c1-28-9-11-29(12-10-28)19-8-4-7-18(13-19)27-23-14-20-22(16-26-23)30-21(15-25)24(20)17-5-2-3-6-17/h4,7-8,13-14,16-17H,2-3,5-6,9-12H2,1H3,(H,26,27). The molecule has 0 spiro atoms. The van der Waals surface area contributed by atoms with Crippen molar-refractivity contribution in [3.63, 3.8) is 0 Å². The Labute approximate surface area is 181 Å². The Hall–Kier alpha value is -2.62. The van der Waals surface area contributed by atoms with Crippen LogP contribution in [-0.4, -0.2) is 43.1 Å². The molecule has 1 aromatic carbocycles. The van der Waals surface area contributed by atoms with Crippen LogP contribution in [0.4, 0.5) is 17.2 Å². The van der Waals surface area contributed by atoms with E-state index in [-0.39, 0.29) is 0 Å². The Morgan fingerprint density at radius 2 is 1.93 bits per heavy atom. The number of thiophene rings is 1. The van der Waals surface area contributed by atoms with Crippen LogP contribution in [-0.2, 0) is 0 Å². The van der Waals surface area contributed by atoms with Crippen molar-refractivity contribution >= 4 is 38.6 Å². The molecule has 3 aromatic rings. The Kier molecular flexibility index (Phi) is 5.32. The second kappa shape index (κ2) is 8.25. The Morgan fingerprint density at radius 3 is 2.70 bits per heavy atom. The Morgan fingerprint density at radius 1 is 1.13 bits per heavy atom. The van der Waals surface area contributed by atoms with E-state index in [2.05, 4.69) is 63.5 Å². The first-order valence-electron chi connectivity index (χ1n) is 10.8. The molecule has 1 N–H and O–H groups in total. The third-order valence-electron chi connectivity index (χ3n) is 6.47. The molecule has 154 valence electrons. The first kappa shape index (κ1) is 19.3. The topological polar surface area (TPSA) is 55.2 Å². The third-order valence-corrected chi connectivity index (χ3v) is 7.53. The minimum Gasteiger partial charge on any atom is -0.369 e. The fourth-order valence-corrected chi connectivity index (χ4v) is 5.82. The number of hydrogen-bond donors (Lipinski definition) is 1. The highest BCUT2D eigenvalue weighted by molar-refractivity contribution is 7.19. The average molecular weight is 418 g/mol. The van der Waals surface area contributed by atoms with Crippen molar-refractivity contribution in [3.8, 4) is 6.07 Å². The molecule has 2 aromatic heterocycles. The highest BCUT2D eigenvalue weighted by Crippen LogP contribution is 2.43. The number of piperazine rings is 1. The zero-order chi connectivity index (χ0) is 20.5. The van der Waals surface area contributed by atoms with Crippen LogP contribution in [0.2, 0.25) is 0 Å². The van der Waals surface area contributed by atoms with Gasteiger partial charge in [-0.15, -0.1) is 11.3 Å². The predicted molar refractivity (Wildman–Crippen MR) is 125 cm³/mol. The lowest BCUT2D eigenvalue weighted by atomic mass is 9.95. The highest BCUT2D eigenvalue weighted by Gasteiger charge is 2.24. The van der Waals surface area contributed by atoms with Gasteiger partial charge in [0.15, 0.2) is 0 Å². The number of nitriles is 1. The smallest absolute Gasteiger partial charge is 0.130 e. The lowest BCUT2D eigenvalue weighted by Crippen LogP contribution is -2.44. The van der Waals surface area contributed by atoms with E-state index < -0.39 is 0 Å². The summed E-state index contributed by atoms with van der Waals surface area (Å²) in [6.45, 7) is 4.31. The number of fused-ring (bicyclic) bond motifs is 1. The van der Waals surface area contributed by atoms with Crippen molar-refractivity contribution in [2.75, 3.05) is 43.4 Å². The van der Waals surface area contributed by atoms with Gasteiger partial charge in [-0.1, -0.05) is 18.9 Å². The second-order valence-electron chi connectivity index (χ2n) is 8.47. The van der Waals surface area contributed by atoms with Gasteiger partial charge in [0.05, 0.1) is 4.70 Å². The van der Waals surface area contributed by atoms with Crippen LogP contribution in [0.5, 0.6) is 0 Å². The number of hydrogen-bond acceptors (Lipinski definition) is 6. The molecule has 0 bridgehead atoms. The maximum Gasteiger partial charge on any atom is 0.130 e. The molecule has 30 heavy (non-hydrogen) atoms. The number of likely N-dealkylation sites (N-methyl/N-ethyl adjacent to an activating group) is 1. The molecule has 1 saturated carbocycles. The number of rotatable bonds is 4. The van der Waals surface area contributed by atoms with Crippen molar-refractivity contribution in [1.29, 1.82) is 5.26 Å². The summed E-state index contributed by atoms with van der Waals surface area (Å²) in [4.78, 5) is 10.3. The number of nitrogens with zero attached hydrogens (tertiary/aromatic N) is 4. The van der Waals surface area contributed by atoms with Gasteiger partial charge in [-0.05, 0) is 55.6 Å².